The first-order valence-electron chi connectivity index (χ1n) is 13.1. The van der Waals surface area contributed by atoms with Gasteiger partial charge in [-0.2, -0.15) is 18.4 Å². The highest BCUT2D eigenvalue weighted by Crippen LogP contribution is 2.50. The molecule has 8 heteroatoms. The van der Waals surface area contributed by atoms with Gasteiger partial charge in [-0.1, -0.05) is 25.3 Å². The molecule has 3 fully saturated rings. The Morgan fingerprint density at radius 2 is 1.89 bits per heavy atom. The van der Waals surface area contributed by atoms with Gasteiger partial charge in [-0.3, -0.25) is 4.98 Å². The molecule has 5 rings (SSSR count). The van der Waals surface area contributed by atoms with E-state index in [0.717, 1.165) is 43.9 Å². The van der Waals surface area contributed by atoms with Gasteiger partial charge in [0.2, 0.25) is 0 Å². The summed E-state index contributed by atoms with van der Waals surface area (Å²) < 4.78 is 46.3. The minimum absolute atomic E-state index is 0.0781. The molecule has 1 atom stereocenters. The molecule has 2 aromatic rings. The van der Waals surface area contributed by atoms with Gasteiger partial charge in [-0.25, -0.2) is 4.98 Å². The molecule has 1 spiro atoms. The first kappa shape index (κ1) is 25.2. The van der Waals surface area contributed by atoms with Gasteiger partial charge >= 0.3 is 6.18 Å². The maximum absolute atomic E-state index is 13.3. The molecular formula is C28H33F3N4O. The summed E-state index contributed by atoms with van der Waals surface area (Å²) >= 11 is 0. The van der Waals surface area contributed by atoms with Gasteiger partial charge in [0.1, 0.15) is 6.07 Å². The van der Waals surface area contributed by atoms with Crippen LogP contribution in [0, 0.1) is 11.3 Å². The molecule has 2 saturated carbocycles. The molecule has 2 aromatic heterocycles. The van der Waals surface area contributed by atoms with Crippen molar-refractivity contribution < 1.29 is 17.9 Å². The van der Waals surface area contributed by atoms with Crippen LogP contribution in [0.1, 0.15) is 98.2 Å². The van der Waals surface area contributed by atoms with Crippen LogP contribution in [-0.2, 0) is 22.9 Å². The van der Waals surface area contributed by atoms with E-state index in [1.165, 1.54) is 49.9 Å². The van der Waals surface area contributed by atoms with Gasteiger partial charge in [-0.05, 0) is 80.7 Å². The van der Waals surface area contributed by atoms with Crippen molar-refractivity contribution >= 4 is 0 Å². The van der Waals surface area contributed by atoms with Crippen molar-refractivity contribution in [2.24, 2.45) is 0 Å². The molecule has 1 saturated heterocycles. The third-order valence-corrected chi connectivity index (χ3v) is 8.54. The van der Waals surface area contributed by atoms with Crippen molar-refractivity contribution in [2.75, 3.05) is 13.2 Å². The van der Waals surface area contributed by atoms with E-state index in [4.69, 9.17) is 15.0 Å². The second-order valence-electron chi connectivity index (χ2n) is 10.8. The summed E-state index contributed by atoms with van der Waals surface area (Å²) in [5.41, 5.74) is 1.09. The lowest BCUT2D eigenvalue weighted by molar-refractivity contribution is -0.138. The number of ether oxygens (including phenoxy) is 1. The van der Waals surface area contributed by atoms with Crippen molar-refractivity contribution in [3.63, 3.8) is 0 Å². The summed E-state index contributed by atoms with van der Waals surface area (Å²) in [5, 5.41) is 12.3. The average Bonchev–Trinajstić information content (AvgIpc) is 3.27. The Balaban J connectivity index is 1.30. The number of pyridine rings is 2. The zero-order chi connectivity index (χ0) is 25.2. The Morgan fingerprint density at radius 1 is 1.08 bits per heavy atom. The molecule has 0 aromatic carbocycles. The molecule has 2 aliphatic carbocycles. The van der Waals surface area contributed by atoms with Crippen molar-refractivity contribution in [3.8, 4) is 6.07 Å². The second kappa shape index (κ2) is 10.1. The third-order valence-electron chi connectivity index (χ3n) is 8.54. The number of hydrogen-bond acceptors (Lipinski definition) is 5. The monoisotopic (exact) mass is 498 g/mol. The van der Waals surface area contributed by atoms with Crippen molar-refractivity contribution in [3.05, 3.63) is 58.7 Å². The van der Waals surface area contributed by atoms with Crippen LogP contribution < -0.4 is 5.32 Å². The topological polar surface area (TPSA) is 70.8 Å². The van der Waals surface area contributed by atoms with Gasteiger partial charge in [0.15, 0.2) is 5.69 Å². The van der Waals surface area contributed by atoms with E-state index in [0.29, 0.717) is 24.6 Å². The molecule has 5 nitrogen and oxygen atoms in total. The molecule has 3 aliphatic rings. The lowest BCUT2D eigenvalue weighted by Crippen LogP contribution is -2.47. The largest absolute Gasteiger partial charge is 0.419 e. The highest BCUT2D eigenvalue weighted by molar-refractivity contribution is 5.36. The van der Waals surface area contributed by atoms with Crippen LogP contribution in [-0.4, -0.2) is 28.7 Å². The van der Waals surface area contributed by atoms with Crippen LogP contribution in [0.4, 0.5) is 13.2 Å². The normalized spacial score (nSPS) is 23.9. The van der Waals surface area contributed by atoms with Crippen LogP contribution in [0.5, 0.6) is 0 Å². The smallest absolute Gasteiger partial charge is 0.375 e. The fourth-order valence-electron chi connectivity index (χ4n) is 6.29. The zero-order valence-electron chi connectivity index (χ0n) is 20.5. The van der Waals surface area contributed by atoms with Crippen LogP contribution in [0.2, 0.25) is 0 Å². The van der Waals surface area contributed by atoms with E-state index in [9.17, 15) is 13.2 Å². The molecule has 0 amide bonds. The fourth-order valence-corrected chi connectivity index (χ4v) is 6.29. The fraction of sp³-hybridized carbons (Fsp3) is 0.607. The van der Waals surface area contributed by atoms with E-state index in [-0.39, 0.29) is 17.6 Å². The third kappa shape index (κ3) is 5.14. The number of rotatable bonds is 7. The van der Waals surface area contributed by atoms with Crippen molar-refractivity contribution in [2.45, 2.75) is 93.9 Å². The predicted octanol–water partition coefficient (Wildman–Crippen LogP) is 6.18. The maximum atomic E-state index is 13.3. The Hall–Kier alpha value is -2.50. The van der Waals surface area contributed by atoms with E-state index in [1.54, 1.807) is 0 Å². The Labute approximate surface area is 210 Å². The minimum Gasteiger partial charge on any atom is -0.375 e. The van der Waals surface area contributed by atoms with E-state index < -0.39 is 17.4 Å². The van der Waals surface area contributed by atoms with Gasteiger partial charge < -0.3 is 10.1 Å². The minimum atomic E-state index is -4.60. The van der Waals surface area contributed by atoms with Crippen molar-refractivity contribution in [1.29, 1.82) is 5.26 Å². The summed E-state index contributed by atoms with van der Waals surface area (Å²) in [7, 11) is 0. The molecule has 192 valence electrons. The van der Waals surface area contributed by atoms with Gasteiger partial charge in [0.25, 0.3) is 0 Å². The van der Waals surface area contributed by atoms with Crippen LogP contribution in [0.15, 0.2) is 30.6 Å². The van der Waals surface area contributed by atoms with E-state index in [1.807, 2.05) is 0 Å². The summed E-state index contributed by atoms with van der Waals surface area (Å²) in [6, 6.07) is 7.02. The zero-order valence-corrected chi connectivity index (χ0v) is 20.5. The van der Waals surface area contributed by atoms with Crippen LogP contribution in [0.25, 0.3) is 0 Å². The molecular weight excluding hydrogens is 465 g/mol. The van der Waals surface area contributed by atoms with Crippen LogP contribution >= 0.6 is 0 Å². The Kier molecular flexibility index (Phi) is 7.06. The second-order valence-corrected chi connectivity index (χ2v) is 10.8. The standard InChI is InChI=1S/C28H33F3N4O/c29-28(30,31)23-14-20(17-34-24(23)15-32)16-33-12-10-26(11-13-36-27(19-26)8-1-2-9-27)25-7-6-22(18-35-25)21-4-3-5-21/h6-7,14,17-18,21,33H,1-5,8-13,16,19H2/t26-/m1/s1. The highest BCUT2D eigenvalue weighted by atomic mass is 19.4. The maximum Gasteiger partial charge on any atom is 0.419 e. The quantitative estimate of drug-likeness (QED) is 0.462. The SMILES string of the molecule is N#Cc1ncc(CNCC[C@@]2(c3ccc(C4CCC4)cn3)CCOC3(CCCC3)C2)cc1C(F)(F)F. The Bertz CT molecular complexity index is 1100. The average molecular weight is 499 g/mol. The van der Waals surface area contributed by atoms with Gasteiger partial charge in [-0.15, -0.1) is 0 Å². The highest BCUT2D eigenvalue weighted by Gasteiger charge is 2.48. The summed E-state index contributed by atoms with van der Waals surface area (Å²) in [6.07, 6.45) is 9.80. The number of hydrogen-bond donors (Lipinski definition) is 1. The van der Waals surface area contributed by atoms with Gasteiger partial charge in [0, 0.05) is 36.7 Å². The summed E-state index contributed by atoms with van der Waals surface area (Å²) in [5.74, 6) is 0.641. The number of alkyl halides is 3. The summed E-state index contributed by atoms with van der Waals surface area (Å²) in [6.45, 7) is 1.61. The molecule has 3 heterocycles. The van der Waals surface area contributed by atoms with Crippen molar-refractivity contribution in [1.82, 2.24) is 15.3 Å². The molecule has 0 bridgehead atoms. The Morgan fingerprint density at radius 3 is 2.53 bits per heavy atom. The first-order valence-corrected chi connectivity index (χ1v) is 13.1. The predicted molar refractivity (Wildman–Crippen MR) is 129 cm³/mol. The number of nitrogens with zero attached hydrogens (tertiary/aromatic N) is 3. The van der Waals surface area contributed by atoms with E-state index in [2.05, 4.69) is 28.6 Å². The number of halogens is 3. The summed E-state index contributed by atoms with van der Waals surface area (Å²) in [4.78, 5) is 8.71. The van der Waals surface area contributed by atoms with Gasteiger partial charge in [0.05, 0.1) is 11.2 Å². The molecule has 0 unspecified atom stereocenters. The van der Waals surface area contributed by atoms with E-state index >= 15 is 0 Å². The molecule has 1 aliphatic heterocycles. The number of nitriles is 1. The molecule has 36 heavy (non-hydrogen) atoms. The molecule has 0 radical (unpaired) electrons. The van der Waals surface area contributed by atoms with Crippen LogP contribution in [0.3, 0.4) is 0 Å². The number of aromatic nitrogens is 2. The molecule has 1 N–H and O–H groups in total. The number of nitrogens with one attached hydrogen (secondary N) is 1. The lowest BCUT2D eigenvalue weighted by Gasteiger charge is -2.46. The lowest BCUT2D eigenvalue weighted by atomic mass is 9.67. The first-order chi connectivity index (χ1) is 17.3.